The van der Waals surface area contributed by atoms with E-state index in [-0.39, 0.29) is 16.1 Å². The third kappa shape index (κ3) is 3.04. The summed E-state index contributed by atoms with van der Waals surface area (Å²) in [5.74, 6) is 0. The van der Waals surface area contributed by atoms with Crippen molar-refractivity contribution in [3.05, 3.63) is 59.5 Å². The highest BCUT2D eigenvalue weighted by molar-refractivity contribution is 7.89. The molecule has 1 fully saturated rings. The number of nitrogens with zero attached hydrogens (tertiary/aromatic N) is 4. The summed E-state index contributed by atoms with van der Waals surface area (Å²) in [6, 6.07) is 7.03. The Kier molecular flexibility index (Phi) is 4.06. The van der Waals surface area contributed by atoms with Crippen LogP contribution in [-0.2, 0) is 10.0 Å². The van der Waals surface area contributed by atoms with Gasteiger partial charge in [0.2, 0.25) is 10.0 Å². The number of nitrogens with one attached hydrogen (secondary N) is 1. The number of aromatic nitrogens is 3. The Balaban J connectivity index is 1.67. The van der Waals surface area contributed by atoms with Crippen molar-refractivity contribution in [2.75, 3.05) is 0 Å². The minimum Gasteiger partial charge on any atom is -0.305 e. The molecule has 7 nitrogen and oxygen atoms in total. The number of hydrogen-bond acceptors (Lipinski definition) is 5. The Hall–Kier alpha value is -2.99. The number of sulfonamides is 1. The predicted molar refractivity (Wildman–Crippen MR) is 109 cm³/mol. The Morgan fingerprint density at radius 1 is 1.24 bits per heavy atom. The molecule has 5 rings (SSSR count). The van der Waals surface area contributed by atoms with E-state index >= 15 is 0 Å². The summed E-state index contributed by atoms with van der Waals surface area (Å²) >= 11 is 6.05. The number of pyridine rings is 2. The summed E-state index contributed by atoms with van der Waals surface area (Å²) in [6.45, 7) is 0. The van der Waals surface area contributed by atoms with Crippen molar-refractivity contribution < 1.29 is 8.42 Å². The first-order valence-electron chi connectivity index (χ1n) is 8.95. The van der Waals surface area contributed by atoms with E-state index in [2.05, 4.69) is 20.8 Å². The van der Waals surface area contributed by atoms with Crippen LogP contribution in [-0.4, -0.2) is 29.0 Å². The van der Waals surface area contributed by atoms with E-state index in [9.17, 15) is 13.7 Å². The highest BCUT2D eigenvalue weighted by Crippen LogP contribution is 2.37. The molecule has 9 heteroatoms. The molecule has 0 saturated heterocycles. The van der Waals surface area contributed by atoms with Gasteiger partial charge in [-0.15, -0.1) is 0 Å². The molecule has 0 radical (unpaired) electrons. The molecule has 1 N–H and O–H groups in total. The molecule has 29 heavy (non-hydrogen) atoms. The standard InChI is InChI=1S/C20H14ClN5O2S/c21-19-8-15-16(9-22)20(26(13-2-1-3-13)18(15)11-24-19)17-7-6-14(10-23-17)29(27,28)25-12-4-5-12/h1-3,6-8,10-12,25H,4-5H2. The van der Waals surface area contributed by atoms with E-state index in [4.69, 9.17) is 11.6 Å². The fourth-order valence-electron chi connectivity index (χ4n) is 3.28. The average molecular weight is 424 g/mol. The summed E-state index contributed by atoms with van der Waals surface area (Å²) in [7, 11) is -3.60. The summed E-state index contributed by atoms with van der Waals surface area (Å²) in [4.78, 5) is 8.62. The normalized spacial score (nSPS) is 15.8. The zero-order chi connectivity index (χ0) is 20.2. The molecule has 0 atom stereocenters. The van der Waals surface area contributed by atoms with Gasteiger partial charge in [0.1, 0.15) is 16.1 Å². The lowest BCUT2D eigenvalue weighted by Gasteiger charge is -2.15. The Morgan fingerprint density at radius 2 is 2.03 bits per heavy atom. The lowest BCUT2D eigenvalue weighted by molar-refractivity contribution is 0.580. The molecule has 1 saturated carbocycles. The van der Waals surface area contributed by atoms with Crippen LogP contribution in [0.25, 0.3) is 28.0 Å². The number of nitriles is 1. The molecule has 0 spiro atoms. The topological polar surface area (TPSA) is 101 Å². The molecular formula is C20H14ClN5O2S. The van der Waals surface area contributed by atoms with Crippen LogP contribution in [0.4, 0.5) is 0 Å². The lowest BCUT2D eigenvalue weighted by Crippen LogP contribution is -2.25. The molecular weight excluding hydrogens is 410 g/mol. The molecule has 3 heterocycles. The second-order valence-electron chi connectivity index (χ2n) is 6.92. The van der Waals surface area contributed by atoms with Gasteiger partial charge in [-0.1, -0.05) is 17.7 Å². The first kappa shape index (κ1) is 18.1. The van der Waals surface area contributed by atoms with Crippen LogP contribution in [0.3, 0.4) is 0 Å². The van der Waals surface area contributed by atoms with Crippen LogP contribution in [0.2, 0.25) is 5.15 Å². The van der Waals surface area contributed by atoms with Crippen molar-refractivity contribution in [2.45, 2.75) is 23.8 Å². The van der Waals surface area contributed by atoms with Crippen LogP contribution < -0.4 is 4.72 Å². The minimum atomic E-state index is -3.60. The van der Waals surface area contributed by atoms with Crippen molar-refractivity contribution in [1.29, 1.82) is 5.26 Å². The fourth-order valence-corrected chi connectivity index (χ4v) is 4.69. The lowest BCUT2D eigenvalue weighted by atomic mass is 10.1. The van der Waals surface area contributed by atoms with Gasteiger partial charge in [-0.3, -0.25) is 4.98 Å². The van der Waals surface area contributed by atoms with E-state index in [1.165, 1.54) is 12.3 Å². The van der Waals surface area contributed by atoms with Crippen LogP contribution in [0.1, 0.15) is 18.4 Å². The number of halogens is 1. The van der Waals surface area contributed by atoms with Crippen LogP contribution in [0.15, 0.2) is 53.7 Å². The van der Waals surface area contributed by atoms with Gasteiger partial charge in [-0.25, -0.2) is 18.1 Å². The van der Waals surface area contributed by atoms with E-state index in [0.717, 1.165) is 24.1 Å². The summed E-state index contributed by atoms with van der Waals surface area (Å²) in [6.07, 6.45) is 10.4. The molecule has 0 amide bonds. The number of hydrogen-bond donors (Lipinski definition) is 1. The molecule has 0 unspecified atom stereocenters. The average Bonchev–Trinajstić information content (AvgIpc) is 3.41. The maximum absolute atomic E-state index is 12.4. The van der Waals surface area contributed by atoms with Gasteiger partial charge in [-0.05, 0) is 43.2 Å². The second kappa shape index (κ2) is 6.52. The molecule has 0 aromatic carbocycles. The first-order chi connectivity index (χ1) is 14.0. The maximum atomic E-state index is 12.4. The van der Waals surface area contributed by atoms with E-state index < -0.39 is 10.0 Å². The fraction of sp³-hybridized carbons (Fsp3) is 0.150. The number of rotatable bonds is 5. The van der Waals surface area contributed by atoms with Crippen molar-refractivity contribution in [2.24, 2.45) is 0 Å². The molecule has 144 valence electrons. The van der Waals surface area contributed by atoms with Crippen molar-refractivity contribution in [1.82, 2.24) is 19.3 Å². The Morgan fingerprint density at radius 3 is 2.62 bits per heavy atom. The summed E-state index contributed by atoms with van der Waals surface area (Å²) in [5.41, 5.74) is 3.07. The first-order valence-corrected chi connectivity index (χ1v) is 10.8. The molecule has 0 bridgehead atoms. The third-order valence-corrected chi connectivity index (χ3v) is 6.63. The SMILES string of the molecule is N#Cc1c(-c2ccc(S(=O)(=O)NC3CC3)cn2)n(C2=CC=C2)c2cnc(Cl)cc12. The van der Waals surface area contributed by atoms with Gasteiger partial charge in [0, 0.05) is 23.3 Å². The van der Waals surface area contributed by atoms with Crippen molar-refractivity contribution in [3.8, 4) is 17.5 Å². The second-order valence-corrected chi connectivity index (χ2v) is 9.02. The number of allylic oxidation sites excluding steroid dienone is 4. The summed E-state index contributed by atoms with van der Waals surface area (Å²) < 4.78 is 29.3. The zero-order valence-corrected chi connectivity index (χ0v) is 16.6. The van der Waals surface area contributed by atoms with Crippen LogP contribution in [0.5, 0.6) is 0 Å². The predicted octanol–water partition coefficient (Wildman–Crippen LogP) is 3.47. The van der Waals surface area contributed by atoms with Crippen molar-refractivity contribution >= 4 is 38.2 Å². The van der Waals surface area contributed by atoms with Gasteiger partial charge < -0.3 is 4.57 Å². The number of fused-ring (bicyclic) bond motifs is 1. The van der Waals surface area contributed by atoms with E-state index in [0.29, 0.717) is 22.3 Å². The van der Waals surface area contributed by atoms with Crippen molar-refractivity contribution in [3.63, 3.8) is 0 Å². The van der Waals surface area contributed by atoms with Crippen LogP contribution >= 0.6 is 11.6 Å². The van der Waals surface area contributed by atoms with Gasteiger partial charge >= 0.3 is 0 Å². The Labute approximate surface area is 172 Å². The smallest absolute Gasteiger partial charge is 0.242 e. The summed E-state index contributed by atoms with van der Waals surface area (Å²) in [5, 5.41) is 10.8. The molecule has 2 aliphatic rings. The molecule has 0 aliphatic heterocycles. The van der Waals surface area contributed by atoms with E-state index in [1.807, 2.05) is 22.8 Å². The quantitative estimate of drug-likeness (QED) is 0.633. The minimum absolute atomic E-state index is 0.0157. The van der Waals surface area contributed by atoms with Gasteiger partial charge in [0.25, 0.3) is 0 Å². The molecule has 3 aromatic rings. The highest BCUT2D eigenvalue weighted by atomic mass is 35.5. The van der Waals surface area contributed by atoms with E-state index in [1.54, 1.807) is 18.3 Å². The third-order valence-electron chi connectivity index (χ3n) is 4.91. The van der Waals surface area contributed by atoms with Gasteiger partial charge in [0.15, 0.2) is 0 Å². The van der Waals surface area contributed by atoms with Gasteiger partial charge in [0.05, 0.1) is 28.7 Å². The zero-order valence-electron chi connectivity index (χ0n) is 15.0. The monoisotopic (exact) mass is 423 g/mol. The largest absolute Gasteiger partial charge is 0.305 e. The highest BCUT2D eigenvalue weighted by Gasteiger charge is 2.28. The van der Waals surface area contributed by atoms with Crippen LogP contribution in [0, 0.1) is 11.3 Å². The van der Waals surface area contributed by atoms with Gasteiger partial charge in [-0.2, -0.15) is 5.26 Å². The maximum Gasteiger partial charge on any atom is 0.242 e. The molecule has 3 aromatic heterocycles. The Bertz CT molecular complexity index is 1360. The molecule has 2 aliphatic carbocycles.